The van der Waals surface area contributed by atoms with E-state index < -0.39 is 22.8 Å². The molecule has 0 aliphatic carbocycles. The number of hydrogen-bond acceptors (Lipinski definition) is 14. The molecule has 23 heteroatoms. The van der Waals surface area contributed by atoms with E-state index in [-0.39, 0.29) is 44.9 Å². The molecule has 87 heavy (non-hydrogen) atoms. The lowest BCUT2D eigenvalue weighted by molar-refractivity contribution is 0.0287. The molecule has 0 fully saturated rings. The van der Waals surface area contributed by atoms with E-state index in [1.807, 2.05) is 115 Å². The molecule has 2 aromatic carbocycles. The smallest absolute Gasteiger partial charge is 0.283 e. The third kappa shape index (κ3) is 12.2. The molecule has 2 unspecified atom stereocenters. The van der Waals surface area contributed by atoms with Crippen LogP contribution in [0.5, 0.6) is 0 Å². The molecule has 0 bridgehead atoms. The maximum atomic E-state index is 15.3. The summed E-state index contributed by atoms with van der Waals surface area (Å²) in [5, 5.41) is 21.5. The van der Waals surface area contributed by atoms with Gasteiger partial charge in [0.2, 0.25) is 0 Å². The lowest BCUT2D eigenvalue weighted by Gasteiger charge is -2.20. The molecule has 0 amide bonds. The van der Waals surface area contributed by atoms with Gasteiger partial charge in [0.1, 0.15) is 23.1 Å². The quantitative estimate of drug-likeness (QED) is 0.144. The van der Waals surface area contributed by atoms with E-state index >= 15 is 8.78 Å². The second-order valence-electron chi connectivity index (χ2n) is 23.7. The first kappa shape index (κ1) is 61.3. The topological polar surface area (TPSA) is 232 Å². The summed E-state index contributed by atoms with van der Waals surface area (Å²) in [6, 6.07) is 17.4. The molecule has 10 aromatic rings. The average molecular weight is 1250 g/mol. The predicted molar refractivity (Wildman–Crippen MR) is 336 cm³/mol. The molecular weight excluding hydrogens is 1180 g/mol. The van der Waals surface area contributed by atoms with Crippen LogP contribution in [0.15, 0.2) is 121 Å². The van der Waals surface area contributed by atoms with Crippen molar-refractivity contribution in [3.05, 3.63) is 189 Å². The van der Waals surface area contributed by atoms with Gasteiger partial charge in [-0.15, -0.1) is 0 Å². The van der Waals surface area contributed by atoms with Gasteiger partial charge in [-0.05, 0) is 130 Å². The highest BCUT2D eigenvalue weighted by Crippen LogP contribution is 2.34. The highest BCUT2D eigenvalue weighted by Gasteiger charge is 2.26. The number of halogens is 3. The van der Waals surface area contributed by atoms with E-state index in [4.69, 9.17) is 15.2 Å². The molecule has 10 heterocycles. The number of aromatic nitrogens is 12. The van der Waals surface area contributed by atoms with Gasteiger partial charge in [-0.25, -0.2) is 18.7 Å². The Morgan fingerprint density at radius 1 is 0.632 bits per heavy atom. The summed E-state index contributed by atoms with van der Waals surface area (Å²) in [4.78, 5) is 61.1. The Balaban J connectivity index is 0.000000167. The van der Waals surface area contributed by atoms with Crippen LogP contribution in [-0.4, -0.2) is 71.4 Å². The zero-order valence-corrected chi connectivity index (χ0v) is 52.2. The minimum Gasteiger partial charge on any atom is -0.382 e. The van der Waals surface area contributed by atoms with Crippen LogP contribution < -0.4 is 33.3 Å². The van der Waals surface area contributed by atoms with E-state index in [9.17, 15) is 19.2 Å². The fourth-order valence-electron chi connectivity index (χ4n) is 10.9. The van der Waals surface area contributed by atoms with Crippen molar-refractivity contribution in [3.8, 4) is 33.9 Å². The van der Waals surface area contributed by atoms with Crippen molar-refractivity contribution in [2.75, 3.05) is 24.3 Å². The number of nitrogens with one attached hydrogen (secondary N) is 1. The van der Waals surface area contributed by atoms with Crippen molar-refractivity contribution in [2.24, 2.45) is 14.1 Å². The second kappa shape index (κ2) is 24.2. The number of ether oxygens (including phenoxy) is 2. The number of hydrogen-bond donors (Lipinski definition) is 2. The number of nitrogens with two attached hydrogens (primary N) is 1. The van der Waals surface area contributed by atoms with Crippen molar-refractivity contribution in [1.29, 1.82) is 0 Å². The zero-order chi connectivity index (χ0) is 62.6. The standard InChI is InChI=1S/C32H34FN7O3.C25H24BrFN4O2.C7H11N3O/c1-7-22-23(20-13-25(30(41)38(6)17-20)36-27-15-26-18(2)43-11-10-39(26)37-27)8-9-34-29(22)40-31(42)28-19(16-35-40)12-21(14-24(28)33)32(3,4)5;1-6-17-18(15-10-19(26)23(32)30(5)13-15)7-8-28-22(17)31-24(33)21-14(12-29-31)9-16(11-20(21)27)25(2,3)4;1-5-6-4-7(8)9-10(6)2-3-11-5/h8-9,12-18H,7,10-11H2,1-6H3,(H,36,37);7-13H,6H2,1-5H3;4-5H,2-3H2,1H3,(H2,8,9). The number of aryl methyl sites for hydroxylation is 2. The third-order valence-corrected chi connectivity index (χ3v) is 16.2. The average Bonchev–Trinajstić information content (AvgIpc) is 1.89. The van der Waals surface area contributed by atoms with Crippen LogP contribution in [-0.2, 0) is 60.3 Å². The van der Waals surface area contributed by atoms with Crippen LogP contribution in [0.1, 0.15) is 115 Å². The number of anilines is 3. The number of fused-ring (bicyclic) bond motifs is 4. The molecule has 3 N–H and O–H groups in total. The fraction of sp³-hybridized carbons (Fsp3) is 0.344. The highest BCUT2D eigenvalue weighted by atomic mass is 79.9. The van der Waals surface area contributed by atoms with Crippen molar-refractivity contribution in [2.45, 2.75) is 118 Å². The molecule has 2 aliphatic rings. The Kier molecular flexibility index (Phi) is 17.0. The first-order valence-electron chi connectivity index (χ1n) is 28.7. The summed E-state index contributed by atoms with van der Waals surface area (Å²) in [6.07, 6.45) is 10.8. The molecule has 0 saturated carbocycles. The van der Waals surface area contributed by atoms with Gasteiger partial charge < -0.3 is 29.7 Å². The van der Waals surface area contributed by atoms with Gasteiger partial charge >= 0.3 is 0 Å². The van der Waals surface area contributed by atoms with Gasteiger partial charge in [-0.1, -0.05) is 55.4 Å². The predicted octanol–water partition coefficient (Wildman–Crippen LogP) is 10.6. The van der Waals surface area contributed by atoms with Gasteiger partial charge in [-0.3, -0.25) is 28.5 Å². The van der Waals surface area contributed by atoms with Crippen molar-refractivity contribution in [1.82, 2.24) is 58.2 Å². The minimum absolute atomic E-state index is 0.0166. The summed E-state index contributed by atoms with van der Waals surface area (Å²) in [5.41, 5.74) is 12.0. The van der Waals surface area contributed by atoms with Crippen LogP contribution in [0.2, 0.25) is 0 Å². The van der Waals surface area contributed by atoms with E-state index in [0.29, 0.717) is 70.2 Å². The van der Waals surface area contributed by atoms with Crippen LogP contribution >= 0.6 is 15.9 Å². The monoisotopic (exact) mass is 1250 g/mol. The molecule has 452 valence electrons. The summed E-state index contributed by atoms with van der Waals surface area (Å²) in [5.74, 6) is 0.619. The number of nitrogens with zero attached hydrogens (tertiary/aromatic N) is 12. The first-order valence-corrected chi connectivity index (χ1v) is 29.4. The van der Waals surface area contributed by atoms with Gasteiger partial charge in [0.05, 0.1) is 77.5 Å². The summed E-state index contributed by atoms with van der Waals surface area (Å²) in [7, 11) is 3.36. The molecule has 2 atom stereocenters. The van der Waals surface area contributed by atoms with Crippen LogP contribution in [0.25, 0.3) is 55.4 Å². The first-order chi connectivity index (χ1) is 41.2. The Labute approximate surface area is 508 Å². The highest BCUT2D eigenvalue weighted by molar-refractivity contribution is 9.10. The third-order valence-electron chi connectivity index (χ3n) is 15.6. The zero-order valence-electron chi connectivity index (χ0n) is 50.7. The maximum absolute atomic E-state index is 15.3. The Hall–Kier alpha value is -8.80. The molecule has 0 saturated heterocycles. The normalized spacial score (nSPS) is 14.9. The molecule has 12 rings (SSSR count). The van der Waals surface area contributed by atoms with Gasteiger partial charge in [0, 0.05) is 78.5 Å². The van der Waals surface area contributed by atoms with Crippen molar-refractivity contribution < 1.29 is 18.3 Å². The van der Waals surface area contributed by atoms with Gasteiger partial charge in [0.25, 0.3) is 22.2 Å². The lowest BCUT2D eigenvalue weighted by atomic mass is 9.86. The maximum Gasteiger partial charge on any atom is 0.283 e. The summed E-state index contributed by atoms with van der Waals surface area (Å²) in [6.45, 7) is 22.6. The van der Waals surface area contributed by atoms with Crippen LogP contribution in [0.4, 0.5) is 26.1 Å². The summed E-state index contributed by atoms with van der Waals surface area (Å²) < 4.78 is 51.1. The van der Waals surface area contributed by atoms with Gasteiger partial charge in [-0.2, -0.15) is 29.8 Å². The van der Waals surface area contributed by atoms with E-state index in [1.54, 1.807) is 51.0 Å². The van der Waals surface area contributed by atoms with Crippen molar-refractivity contribution in [3.63, 3.8) is 0 Å². The minimum atomic E-state index is -0.589. The Morgan fingerprint density at radius 3 is 1.54 bits per heavy atom. The Bertz CT molecular complexity index is 4540. The second-order valence-corrected chi connectivity index (χ2v) is 24.5. The van der Waals surface area contributed by atoms with E-state index in [2.05, 4.69) is 51.6 Å². The number of benzene rings is 2. The Morgan fingerprint density at radius 2 is 1.09 bits per heavy atom. The molecule has 0 radical (unpaired) electrons. The van der Waals surface area contributed by atoms with Gasteiger partial charge in [0.15, 0.2) is 17.5 Å². The largest absolute Gasteiger partial charge is 0.382 e. The van der Waals surface area contributed by atoms with E-state index in [0.717, 1.165) is 78.4 Å². The van der Waals surface area contributed by atoms with Crippen molar-refractivity contribution >= 4 is 54.8 Å². The fourth-order valence-corrected chi connectivity index (χ4v) is 11.4. The summed E-state index contributed by atoms with van der Waals surface area (Å²) >= 11 is 3.31. The van der Waals surface area contributed by atoms with Crippen LogP contribution in [0.3, 0.4) is 0 Å². The molecular formula is C64H69BrF2N14O6. The SMILES string of the molecule is CC1OCCn2nc(N)cc21.CCc1c(-c2cc(Br)c(=O)n(C)c2)ccnc1-n1ncc2cc(C(C)(C)C)cc(F)c2c1=O.CCc1c(-c2cc(Nc3cc4n(n3)CCOC4C)c(=O)n(C)c2)ccnc1-n1ncc2cc(C(C)(C)C)cc(F)c2c1=O. The van der Waals surface area contributed by atoms with Crippen LogP contribution in [0, 0.1) is 11.6 Å². The number of pyridine rings is 4. The molecule has 0 spiro atoms. The molecule has 8 aromatic heterocycles. The molecule has 20 nitrogen and oxygen atoms in total. The number of rotatable bonds is 8. The lowest BCUT2D eigenvalue weighted by Crippen LogP contribution is -2.25. The molecule has 2 aliphatic heterocycles. The van der Waals surface area contributed by atoms with E-state index in [1.165, 1.54) is 33.7 Å². The number of nitrogen functional groups attached to an aromatic ring is 1.